The van der Waals surface area contributed by atoms with Gasteiger partial charge in [-0.3, -0.25) is 4.90 Å². The summed E-state index contributed by atoms with van der Waals surface area (Å²) in [6.07, 6.45) is 6.31. The van der Waals surface area contributed by atoms with Gasteiger partial charge in [-0.2, -0.15) is 0 Å². The number of ether oxygens (including phenoxy) is 1. The van der Waals surface area contributed by atoms with E-state index in [1.54, 1.807) is 19.2 Å². The summed E-state index contributed by atoms with van der Waals surface area (Å²) < 4.78 is 19.9. The third-order valence-electron chi connectivity index (χ3n) is 5.16. The van der Waals surface area contributed by atoms with Crippen LogP contribution in [0, 0.1) is 11.7 Å². The molecule has 0 bridgehead atoms. The molecule has 1 aromatic rings. The van der Waals surface area contributed by atoms with E-state index < -0.39 is 0 Å². The molecule has 3 rings (SSSR count). The number of hydrogen-bond donors (Lipinski definition) is 1. The highest BCUT2D eigenvalue weighted by atomic mass is 35.5. The summed E-state index contributed by atoms with van der Waals surface area (Å²) in [5, 5.41) is 3.40. The second-order valence-corrected chi connectivity index (χ2v) is 6.52. The van der Waals surface area contributed by atoms with Crippen molar-refractivity contribution in [2.45, 2.75) is 38.1 Å². The molecular formula is C18H29Cl2FN2O. The van der Waals surface area contributed by atoms with Crippen molar-refractivity contribution in [2.75, 3.05) is 33.3 Å². The molecule has 1 atom stereocenters. The molecule has 1 saturated carbocycles. The van der Waals surface area contributed by atoms with E-state index in [2.05, 4.69) is 10.2 Å². The first-order chi connectivity index (χ1) is 10.8. The Balaban J connectivity index is 0.00000144. The average molecular weight is 379 g/mol. The van der Waals surface area contributed by atoms with Crippen LogP contribution in [0.2, 0.25) is 0 Å². The van der Waals surface area contributed by atoms with Gasteiger partial charge < -0.3 is 10.1 Å². The molecule has 0 spiro atoms. The number of methoxy groups -OCH3 is 1. The fourth-order valence-electron chi connectivity index (χ4n) is 4.03. The summed E-state index contributed by atoms with van der Waals surface area (Å²) >= 11 is 0. The molecule has 2 aliphatic rings. The molecule has 0 aromatic heterocycles. The number of hydrogen-bond acceptors (Lipinski definition) is 3. The lowest BCUT2D eigenvalue weighted by molar-refractivity contribution is 0.100. The van der Waals surface area contributed by atoms with Crippen LogP contribution in [0.15, 0.2) is 18.2 Å². The summed E-state index contributed by atoms with van der Waals surface area (Å²) in [6, 6.07) is 5.38. The van der Waals surface area contributed by atoms with Crippen molar-refractivity contribution in [3.63, 3.8) is 0 Å². The third-order valence-corrected chi connectivity index (χ3v) is 5.16. The van der Waals surface area contributed by atoms with Crippen LogP contribution in [0.25, 0.3) is 0 Å². The second kappa shape index (κ2) is 10.4. The highest BCUT2D eigenvalue weighted by Crippen LogP contribution is 2.40. The Labute approximate surface area is 157 Å². The topological polar surface area (TPSA) is 24.5 Å². The minimum atomic E-state index is -0.0880. The van der Waals surface area contributed by atoms with E-state index >= 15 is 0 Å². The van der Waals surface area contributed by atoms with Gasteiger partial charge in [0.15, 0.2) is 0 Å². The van der Waals surface area contributed by atoms with Gasteiger partial charge in [-0.25, -0.2) is 4.39 Å². The lowest BCUT2D eigenvalue weighted by Gasteiger charge is -2.41. The zero-order chi connectivity index (χ0) is 15.4. The van der Waals surface area contributed by atoms with Gasteiger partial charge in [0, 0.05) is 37.8 Å². The van der Waals surface area contributed by atoms with Gasteiger partial charge in [0.25, 0.3) is 0 Å². The van der Waals surface area contributed by atoms with Gasteiger partial charge in [0.2, 0.25) is 0 Å². The minimum Gasteiger partial charge on any atom is -0.497 e. The number of rotatable bonds is 4. The number of piperazine rings is 1. The predicted octanol–water partition coefficient (Wildman–Crippen LogP) is 4.20. The maximum atomic E-state index is 14.6. The van der Waals surface area contributed by atoms with E-state index in [0.29, 0.717) is 5.92 Å². The van der Waals surface area contributed by atoms with Gasteiger partial charge in [0.1, 0.15) is 11.6 Å². The Hall–Kier alpha value is -0.550. The average Bonchev–Trinajstić information content (AvgIpc) is 2.59. The van der Waals surface area contributed by atoms with Crippen molar-refractivity contribution in [3.8, 4) is 5.75 Å². The summed E-state index contributed by atoms with van der Waals surface area (Å²) in [5.41, 5.74) is 0.827. The first kappa shape index (κ1) is 21.5. The summed E-state index contributed by atoms with van der Waals surface area (Å²) in [4.78, 5) is 2.48. The first-order valence-electron chi connectivity index (χ1n) is 8.58. The molecule has 1 heterocycles. The van der Waals surface area contributed by atoms with Crippen LogP contribution in [-0.4, -0.2) is 38.2 Å². The van der Waals surface area contributed by atoms with Crippen molar-refractivity contribution in [3.05, 3.63) is 29.6 Å². The number of halogens is 3. The van der Waals surface area contributed by atoms with Crippen LogP contribution < -0.4 is 10.1 Å². The first-order valence-corrected chi connectivity index (χ1v) is 8.58. The molecule has 24 heavy (non-hydrogen) atoms. The number of benzene rings is 1. The SMILES string of the molecule is COc1ccc(F)c([C@H](C2CCCCC2)N2CCNCC2)c1.Cl.Cl. The van der Waals surface area contributed by atoms with E-state index in [-0.39, 0.29) is 36.7 Å². The van der Waals surface area contributed by atoms with Gasteiger partial charge in [-0.05, 0) is 37.0 Å². The Morgan fingerprint density at radius 1 is 1.12 bits per heavy atom. The molecule has 0 unspecified atom stereocenters. The van der Waals surface area contributed by atoms with Crippen LogP contribution in [0.5, 0.6) is 5.75 Å². The summed E-state index contributed by atoms with van der Waals surface area (Å²) in [6.45, 7) is 3.99. The molecule has 0 amide bonds. The van der Waals surface area contributed by atoms with Crippen molar-refractivity contribution in [1.82, 2.24) is 10.2 Å². The Kier molecular flexibility index (Phi) is 9.35. The largest absolute Gasteiger partial charge is 0.497 e. The van der Waals surface area contributed by atoms with Crippen molar-refractivity contribution in [1.29, 1.82) is 0 Å². The summed E-state index contributed by atoms with van der Waals surface area (Å²) in [7, 11) is 1.65. The van der Waals surface area contributed by atoms with Crippen LogP contribution in [0.1, 0.15) is 43.7 Å². The third kappa shape index (κ3) is 4.98. The van der Waals surface area contributed by atoms with Crippen LogP contribution >= 0.6 is 24.8 Å². The molecule has 1 aliphatic carbocycles. The van der Waals surface area contributed by atoms with Gasteiger partial charge in [-0.15, -0.1) is 24.8 Å². The lowest BCUT2D eigenvalue weighted by atomic mass is 9.80. The normalized spacial score (nSPS) is 20.6. The highest BCUT2D eigenvalue weighted by molar-refractivity contribution is 5.85. The molecule has 1 aliphatic heterocycles. The predicted molar refractivity (Wildman–Crippen MR) is 101 cm³/mol. The second-order valence-electron chi connectivity index (χ2n) is 6.52. The maximum absolute atomic E-state index is 14.6. The molecule has 3 nitrogen and oxygen atoms in total. The molecule has 138 valence electrons. The molecule has 0 radical (unpaired) electrons. The Morgan fingerprint density at radius 3 is 2.42 bits per heavy atom. The van der Waals surface area contributed by atoms with Crippen molar-refractivity contribution in [2.24, 2.45) is 5.92 Å². The zero-order valence-electron chi connectivity index (χ0n) is 14.3. The molecule has 1 aromatic carbocycles. The smallest absolute Gasteiger partial charge is 0.128 e. The van der Waals surface area contributed by atoms with Crippen molar-refractivity contribution >= 4 is 24.8 Å². The molecule has 1 N–H and O–H groups in total. The van der Waals surface area contributed by atoms with Gasteiger partial charge in [-0.1, -0.05) is 19.3 Å². The molecule has 1 saturated heterocycles. The van der Waals surface area contributed by atoms with Crippen LogP contribution in [-0.2, 0) is 0 Å². The van der Waals surface area contributed by atoms with E-state index in [1.807, 2.05) is 6.07 Å². The summed E-state index contributed by atoms with van der Waals surface area (Å²) in [5.74, 6) is 1.23. The van der Waals surface area contributed by atoms with E-state index in [1.165, 1.54) is 32.1 Å². The van der Waals surface area contributed by atoms with E-state index in [9.17, 15) is 4.39 Å². The standard InChI is InChI=1S/C18H27FN2O.2ClH/c1-22-15-7-8-17(19)16(13-15)18(14-5-3-2-4-6-14)21-11-9-20-10-12-21;;/h7-8,13-14,18,20H,2-6,9-12H2,1H3;2*1H/t18-;;/m0../s1. The number of nitrogens with zero attached hydrogens (tertiary/aromatic N) is 1. The lowest BCUT2D eigenvalue weighted by Crippen LogP contribution is -2.47. The van der Waals surface area contributed by atoms with Crippen molar-refractivity contribution < 1.29 is 9.13 Å². The van der Waals surface area contributed by atoms with E-state index in [4.69, 9.17) is 4.74 Å². The monoisotopic (exact) mass is 378 g/mol. The van der Waals surface area contributed by atoms with E-state index in [0.717, 1.165) is 37.5 Å². The maximum Gasteiger partial charge on any atom is 0.128 e. The Morgan fingerprint density at radius 2 is 1.79 bits per heavy atom. The van der Waals surface area contributed by atoms with Gasteiger partial charge >= 0.3 is 0 Å². The molecular weight excluding hydrogens is 350 g/mol. The van der Waals surface area contributed by atoms with Crippen LogP contribution in [0.4, 0.5) is 4.39 Å². The fraction of sp³-hybridized carbons (Fsp3) is 0.667. The minimum absolute atomic E-state index is 0. The molecule has 2 fully saturated rings. The van der Waals surface area contributed by atoms with Gasteiger partial charge in [0.05, 0.1) is 7.11 Å². The fourth-order valence-corrected chi connectivity index (χ4v) is 4.03. The quantitative estimate of drug-likeness (QED) is 0.849. The Bertz CT molecular complexity index is 474. The molecule has 6 heteroatoms. The highest BCUT2D eigenvalue weighted by Gasteiger charge is 2.32. The number of nitrogens with one attached hydrogen (secondary N) is 1. The zero-order valence-corrected chi connectivity index (χ0v) is 15.9. The van der Waals surface area contributed by atoms with Crippen LogP contribution in [0.3, 0.4) is 0 Å².